The SMILES string of the molecule is Cc1cc(C)c(C(F)(F)F)c(C(=O)OC2CCC3(C)C(CCC4C3CCC3(C)C(C(C)CCC(C)C(C)C)CCC43)C2)c1. The van der Waals surface area contributed by atoms with Gasteiger partial charge < -0.3 is 4.74 Å². The van der Waals surface area contributed by atoms with Crippen molar-refractivity contribution in [2.45, 2.75) is 138 Å². The van der Waals surface area contributed by atoms with Gasteiger partial charge in [-0.2, -0.15) is 13.2 Å². The van der Waals surface area contributed by atoms with Gasteiger partial charge in [0.15, 0.2) is 0 Å². The molecule has 5 heteroatoms. The molecule has 4 saturated carbocycles. The molecule has 5 rings (SSSR count). The molecule has 0 aliphatic heterocycles. The topological polar surface area (TPSA) is 26.3 Å². The van der Waals surface area contributed by atoms with E-state index >= 15 is 0 Å². The minimum Gasteiger partial charge on any atom is -0.459 e. The molecule has 0 N–H and O–H groups in total. The lowest BCUT2D eigenvalue weighted by molar-refractivity contribution is -0.139. The first-order valence-corrected chi connectivity index (χ1v) is 17.5. The molecule has 0 heterocycles. The molecule has 4 aliphatic carbocycles. The van der Waals surface area contributed by atoms with E-state index in [2.05, 4.69) is 41.5 Å². The normalized spacial score (nSPS) is 37.3. The van der Waals surface area contributed by atoms with Gasteiger partial charge >= 0.3 is 12.1 Å². The molecule has 242 valence electrons. The molecule has 1 aromatic carbocycles. The lowest BCUT2D eigenvalue weighted by atomic mass is 9.44. The van der Waals surface area contributed by atoms with Crippen molar-refractivity contribution in [3.63, 3.8) is 0 Å². The van der Waals surface area contributed by atoms with Crippen LogP contribution in [0.25, 0.3) is 0 Å². The van der Waals surface area contributed by atoms with Gasteiger partial charge in [0, 0.05) is 0 Å². The summed E-state index contributed by atoms with van der Waals surface area (Å²) in [5, 5.41) is 0. The van der Waals surface area contributed by atoms with Crippen molar-refractivity contribution >= 4 is 5.97 Å². The van der Waals surface area contributed by atoms with Crippen LogP contribution >= 0.6 is 0 Å². The average molecular weight is 603 g/mol. The van der Waals surface area contributed by atoms with Crippen LogP contribution in [0.4, 0.5) is 13.2 Å². The largest absolute Gasteiger partial charge is 0.459 e. The Hall–Kier alpha value is -1.52. The highest BCUT2D eigenvalue weighted by molar-refractivity contribution is 5.92. The number of ether oxygens (including phenoxy) is 1. The summed E-state index contributed by atoms with van der Waals surface area (Å²) < 4.78 is 47.6. The van der Waals surface area contributed by atoms with Crippen LogP contribution in [0.1, 0.15) is 139 Å². The minimum absolute atomic E-state index is 0.0759. The van der Waals surface area contributed by atoms with E-state index in [-0.39, 0.29) is 22.6 Å². The van der Waals surface area contributed by atoms with Gasteiger partial charge in [0.25, 0.3) is 0 Å². The van der Waals surface area contributed by atoms with E-state index in [4.69, 9.17) is 4.74 Å². The van der Waals surface area contributed by atoms with E-state index in [1.807, 2.05) is 0 Å². The van der Waals surface area contributed by atoms with Crippen molar-refractivity contribution < 1.29 is 22.7 Å². The smallest absolute Gasteiger partial charge is 0.417 e. The van der Waals surface area contributed by atoms with Crippen LogP contribution in [0.15, 0.2) is 12.1 Å². The molecule has 10 atom stereocenters. The zero-order chi connectivity index (χ0) is 31.5. The maximum absolute atomic E-state index is 13.9. The number of esters is 1. The third-order valence-electron chi connectivity index (χ3n) is 13.9. The molecule has 0 saturated heterocycles. The summed E-state index contributed by atoms with van der Waals surface area (Å²) in [5.74, 6) is 5.16. The number of carbonyl (C=O) groups is 1. The Balaban J connectivity index is 1.25. The fourth-order valence-corrected chi connectivity index (χ4v) is 11.1. The van der Waals surface area contributed by atoms with Crippen LogP contribution in [0, 0.1) is 72.0 Å². The van der Waals surface area contributed by atoms with Gasteiger partial charge in [0.05, 0.1) is 11.1 Å². The fraction of sp³-hybridized carbons (Fsp3) is 0.816. The Morgan fingerprint density at radius 2 is 1.58 bits per heavy atom. The van der Waals surface area contributed by atoms with Gasteiger partial charge in [0.1, 0.15) is 6.10 Å². The molecule has 0 radical (unpaired) electrons. The second-order valence-electron chi connectivity index (χ2n) is 16.5. The first kappa shape index (κ1) is 32.9. The number of hydrogen-bond acceptors (Lipinski definition) is 2. The summed E-state index contributed by atoms with van der Waals surface area (Å²) in [4.78, 5) is 13.2. The number of hydrogen-bond donors (Lipinski definition) is 0. The molecule has 0 spiro atoms. The van der Waals surface area contributed by atoms with Gasteiger partial charge in [-0.15, -0.1) is 0 Å². The highest BCUT2D eigenvalue weighted by atomic mass is 19.4. The molecule has 4 fully saturated rings. The van der Waals surface area contributed by atoms with Crippen molar-refractivity contribution in [3.05, 3.63) is 34.4 Å². The van der Waals surface area contributed by atoms with Gasteiger partial charge in [-0.1, -0.05) is 60.5 Å². The number of halogens is 3. The third kappa shape index (κ3) is 6.06. The third-order valence-corrected chi connectivity index (χ3v) is 13.9. The number of fused-ring (bicyclic) bond motifs is 5. The number of alkyl halides is 3. The molecular formula is C38H57F3O2. The van der Waals surface area contributed by atoms with E-state index in [0.717, 1.165) is 61.2 Å². The van der Waals surface area contributed by atoms with Crippen LogP contribution in [0.3, 0.4) is 0 Å². The van der Waals surface area contributed by atoms with E-state index in [1.54, 1.807) is 6.92 Å². The van der Waals surface area contributed by atoms with Gasteiger partial charge in [0.2, 0.25) is 0 Å². The zero-order valence-electron chi connectivity index (χ0n) is 28.1. The lowest BCUT2D eigenvalue weighted by Crippen LogP contribution is -2.54. The molecule has 1 aromatic rings. The standard InChI is InChI=1S/C38H57F3O2/c1-22(2)24(4)9-10-25(5)31-13-14-32-29-12-11-27-21-28(15-17-36(27,7)33(29)16-18-37(31,32)8)43-35(42)30-20-23(3)19-26(6)34(30)38(39,40)41/h19-20,22,24-25,27-29,31-33H,9-18,21H2,1-8H3. The van der Waals surface area contributed by atoms with Crippen LogP contribution in [-0.2, 0) is 10.9 Å². The molecule has 43 heavy (non-hydrogen) atoms. The predicted molar refractivity (Wildman–Crippen MR) is 168 cm³/mol. The Labute approximate surface area is 259 Å². The van der Waals surface area contributed by atoms with Crippen LogP contribution in [0.2, 0.25) is 0 Å². The van der Waals surface area contributed by atoms with Crippen molar-refractivity contribution in [1.29, 1.82) is 0 Å². The van der Waals surface area contributed by atoms with Crippen LogP contribution in [0.5, 0.6) is 0 Å². The molecule has 0 bridgehead atoms. The summed E-state index contributed by atoms with van der Waals surface area (Å²) in [6.07, 6.45) is 8.17. The van der Waals surface area contributed by atoms with Crippen molar-refractivity contribution in [1.82, 2.24) is 0 Å². The Kier molecular flexibility index (Phi) is 9.18. The molecule has 0 amide bonds. The Bertz CT molecular complexity index is 1170. The van der Waals surface area contributed by atoms with Crippen molar-refractivity contribution in [3.8, 4) is 0 Å². The number of benzene rings is 1. The fourth-order valence-electron chi connectivity index (χ4n) is 11.1. The van der Waals surface area contributed by atoms with E-state index < -0.39 is 17.7 Å². The Morgan fingerprint density at radius 3 is 2.26 bits per heavy atom. The summed E-state index contributed by atoms with van der Waals surface area (Å²) in [7, 11) is 0. The number of rotatable bonds is 7. The van der Waals surface area contributed by atoms with Crippen LogP contribution < -0.4 is 0 Å². The number of carbonyl (C=O) groups excluding carboxylic acids is 1. The van der Waals surface area contributed by atoms with Crippen molar-refractivity contribution in [2.75, 3.05) is 0 Å². The van der Waals surface area contributed by atoms with Gasteiger partial charge in [-0.25, -0.2) is 4.79 Å². The van der Waals surface area contributed by atoms with Gasteiger partial charge in [-0.05, 0) is 147 Å². The Morgan fingerprint density at radius 1 is 0.907 bits per heavy atom. The van der Waals surface area contributed by atoms with E-state index in [0.29, 0.717) is 22.8 Å². The quantitative estimate of drug-likeness (QED) is 0.290. The highest BCUT2D eigenvalue weighted by Gasteiger charge is 2.60. The first-order chi connectivity index (χ1) is 20.1. The molecular weight excluding hydrogens is 545 g/mol. The second kappa shape index (κ2) is 12.0. The maximum Gasteiger partial charge on any atom is 0.417 e. The first-order valence-electron chi connectivity index (χ1n) is 17.5. The van der Waals surface area contributed by atoms with Crippen LogP contribution in [-0.4, -0.2) is 12.1 Å². The monoisotopic (exact) mass is 602 g/mol. The van der Waals surface area contributed by atoms with E-state index in [9.17, 15) is 18.0 Å². The predicted octanol–water partition coefficient (Wildman–Crippen LogP) is 11.2. The average Bonchev–Trinajstić information content (AvgIpc) is 3.27. The maximum atomic E-state index is 13.9. The summed E-state index contributed by atoms with van der Waals surface area (Å²) in [6.45, 7) is 18.0. The van der Waals surface area contributed by atoms with Gasteiger partial charge in [-0.3, -0.25) is 0 Å². The summed E-state index contributed by atoms with van der Waals surface area (Å²) in [5.41, 5.74) is 0.225. The zero-order valence-corrected chi connectivity index (χ0v) is 28.1. The summed E-state index contributed by atoms with van der Waals surface area (Å²) >= 11 is 0. The lowest BCUT2D eigenvalue weighted by Gasteiger charge is -2.61. The van der Waals surface area contributed by atoms with E-state index in [1.165, 1.54) is 64.0 Å². The van der Waals surface area contributed by atoms with Crippen molar-refractivity contribution in [2.24, 2.45) is 58.2 Å². The summed E-state index contributed by atoms with van der Waals surface area (Å²) in [6, 6.07) is 2.83. The molecule has 2 nitrogen and oxygen atoms in total. The minimum atomic E-state index is -4.59. The second-order valence-corrected chi connectivity index (χ2v) is 16.5. The molecule has 0 aromatic heterocycles. The number of aryl methyl sites for hydroxylation is 2. The molecule has 10 unspecified atom stereocenters. The molecule has 4 aliphatic rings. The highest BCUT2D eigenvalue weighted by Crippen LogP contribution is 2.68.